The van der Waals surface area contributed by atoms with E-state index in [-0.39, 0.29) is 23.7 Å². The van der Waals surface area contributed by atoms with Crippen LogP contribution in [0.4, 0.5) is 4.39 Å². The van der Waals surface area contributed by atoms with Gasteiger partial charge in [0.15, 0.2) is 0 Å². The second-order valence-corrected chi connectivity index (χ2v) is 8.36. The Hall–Kier alpha value is -3.52. The van der Waals surface area contributed by atoms with Crippen LogP contribution in [-0.4, -0.2) is 40.3 Å². The molecule has 4 rings (SSSR count). The molecular weight excluding hydrogens is 491 g/mol. The molecule has 3 aromatic rings. The Kier molecular flexibility index (Phi) is 6.55. The highest BCUT2D eigenvalue weighted by atomic mass is 79.9. The van der Waals surface area contributed by atoms with E-state index in [1.165, 1.54) is 24.1 Å². The van der Waals surface area contributed by atoms with Crippen LogP contribution in [0, 0.1) is 5.82 Å². The topological polar surface area (TPSA) is 79.7 Å². The molecule has 0 saturated carbocycles. The lowest BCUT2D eigenvalue weighted by molar-refractivity contribution is -0.139. The van der Waals surface area contributed by atoms with Gasteiger partial charge in [0.2, 0.25) is 0 Å². The summed E-state index contributed by atoms with van der Waals surface area (Å²) >= 11 is 3.38. The van der Waals surface area contributed by atoms with Gasteiger partial charge < -0.3 is 14.7 Å². The number of carbonyl (C=O) groups excluding carboxylic acids is 2. The number of aromatic nitrogens is 1. The predicted molar refractivity (Wildman–Crippen MR) is 124 cm³/mol. The van der Waals surface area contributed by atoms with Gasteiger partial charge in [0.1, 0.15) is 17.3 Å². The van der Waals surface area contributed by atoms with Crippen LogP contribution in [0.1, 0.15) is 22.7 Å². The number of hydrogen-bond acceptors (Lipinski definition) is 5. The molecule has 6 nitrogen and oxygen atoms in total. The second kappa shape index (κ2) is 9.54. The van der Waals surface area contributed by atoms with E-state index in [9.17, 15) is 19.1 Å². The normalized spacial score (nSPS) is 17.4. The van der Waals surface area contributed by atoms with Crippen LogP contribution in [-0.2, 0) is 16.0 Å². The van der Waals surface area contributed by atoms with E-state index in [1.807, 2.05) is 0 Å². The van der Waals surface area contributed by atoms with Crippen molar-refractivity contribution in [3.8, 4) is 5.75 Å². The zero-order valence-corrected chi connectivity index (χ0v) is 19.3. The number of halogens is 2. The summed E-state index contributed by atoms with van der Waals surface area (Å²) in [5.41, 5.74) is 1.78. The van der Waals surface area contributed by atoms with E-state index in [1.54, 1.807) is 54.9 Å². The van der Waals surface area contributed by atoms with Gasteiger partial charge in [-0.3, -0.25) is 14.6 Å². The van der Waals surface area contributed by atoms with Gasteiger partial charge in [-0.25, -0.2) is 4.39 Å². The first-order chi connectivity index (χ1) is 15.9. The van der Waals surface area contributed by atoms with E-state index in [0.717, 1.165) is 5.56 Å². The number of ketones is 1. The fraction of sp³-hybridized carbons (Fsp3) is 0.160. The average Bonchev–Trinajstić information content (AvgIpc) is 3.08. The maximum atomic E-state index is 13.2. The molecule has 1 aliphatic rings. The van der Waals surface area contributed by atoms with Crippen molar-refractivity contribution in [1.29, 1.82) is 0 Å². The maximum Gasteiger partial charge on any atom is 0.295 e. The van der Waals surface area contributed by atoms with Gasteiger partial charge in [0.05, 0.1) is 23.2 Å². The highest BCUT2D eigenvalue weighted by molar-refractivity contribution is 9.10. The molecule has 1 fully saturated rings. The van der Waals surface area contributed by atoms with Gasteiger partial charge in [-0.1, -0.05) is 18.2 Å². The molecule has 0 radical (unpaired) electrons. The molecule has 1 N–H and O–H groups in total. The first-order valence-corrected chi connectivity index (χ1v) is 11.0. The lowest BCUT2D eigenvalue weighted by atomic mass is 9.96. The Morgan fingerprint density at radius 2 is 1.94 bits per heavy atom. The quantitative estimate of drug-likeness (QED) is 0.296. The van der Waals surface area contributed by atoms with Crippen molar-refractivity contribution in [2.75, 3.05) is 13.7 Å². The number of Topliss-reactive ketones (excluding diaryl/α,β-unsaturated/α-hetero) is 1. The van der Waals surface area contributed by atoms with E-state index < -0.39 is 17.7 Å². The number of nitrogens with zero attached hydrogens (tertiary/aromatic N) is 2. The van der Waals surface area contributed by atoms with Crippen LogP contribution in [0.2, 0.25) is 0 Å². The van der Waals surface area contributed by atoms with Crippen LogP contribution in [0.15, 0.2) is 77.0 Å². The molecule has 1 aliphatic heterocycles. The Balaban J connectivity index is 1.76. The number of methoxy groups -OCH3 is 1. The van der Waals surface area contributed by atoms with Crippen LogP contribution in [0.3, 0.4) is 0 Å². The molecule has 0 bridgehead atoms. The van der Waals surface area contributed by atoms with Crippen LogP contribution < -0.4 is 4.74 Å². The van der Waals surface area contributed by atoms with Gasteiger partial charge in [-0.15, -0.1) is 0 Å². The number of amides is 1. The highest BCUT2D eigenvalue weighted by Gasteiger charge is 2.46. The Labute approximate surface area is 198 Å². The van der Waals surface area contributed by atoms with Gasteiger partial charge in [0.25, 0.3) is 11.7 Å². The third kappa shape index (κ3) is 4.52. The molecule has 168 valence electrons. The number of ether oxygens (including phenoxy) is 1. The SMILES string of the molecule is COc1ccc(/C(O)=C2/C(=O)C(=O)N(CCc3ccc(F)cc3)C2c2cccnc2)cc1Br. The van der Waals surface area contributed by atoms with E-state index >= 15 is 0 Å². The summed E-state index contributed by atoms with van der Waals surface area (Å²) in [6.45, 7) is 0.207. The molecule has 8 heteroatoms. The molecule has 0 spiro atoms. The summed E-state index contributed by atoms with van der Waals surface area (Å²) in [4.78, 5) is 31.6. The van der Waals surface area contributed by atoms with E-state index in [4.69, 9.17) is 4.74 Å². The molecule has 33 heavy (non-hydrogen) atoms. The zero-order valence-electron chi connectivity index (χ0n) is 17.7. The predicted octanol–water partition coefficient (Wildman–Crippen LogP) is 4.66. The number of benzene rings is 2. The smallest absolute Gasteiger partial charge is 0.295 e. The number of rotatable bonds is 6. The minimum Gasteiger partial charge on any atom is -0.507 e. The minimum absolute atomic E-state index is 0.0100. The third-order valence-electron chi connectivity index (χ3n) is 5.52. The summed E-state index contributed by atoms with van der Waals surface area (Å²) in [7, 11) is 1.52. The first-order valence-electron chi connectivity index (χ1n) is 10.2. The van der Waals surface area contributed by atoms with Crippen LogP contribution in [0.25, 0.3) is 5.76 Å². The lowest BCUT2D eigenvalue weighted by Crippen LogP contribution is -2.31. The van der Waals surface area contributed by atoms with Crippen molar-refractivity contribution in [3.05, 3.63) is 99.5 Å². The Morgan fingerprint density at radius 1 is 1.18 bits per heavy atom. The van der Waals surface area contributed by atoms with Crippen molar-refractivity contribution >= 4 is 33.4 Å². The van der Waals surface area contributed by atoms with Gasteiger partial charge in [-0.2, -0.15) is 0 Å². The number of likely N-dealkylation sites (tertiary alicyclic amines) is 1. The molecule has 1 amide bonds. The van der Waals surface area contributed by atoms with E-state index in [2.05, 4.69) is 20.9 Å². The number of aliphatic hydroxyl groups excluding tert-OH is 1. The molecule has 1 aromatic heterocycles. The monoisotopic (exact) mass is 510 g/mol. The van der Waals surface area contributed by atoms with Gasteiger partial charge in [0, 0.05) is 24.5 Å². The van der Waals surface area contributed by atoms with E-state index in [0.29, 0.717) is 27.8 Å². The minimum atomic E-state index is -0.806. The molecule has 0 aliphatic carbocycles. The van der Waals surface area contributed by atoms with Gasteiger partial charge >= 0.3 is 0 Å². The number of hydrogen-bond donors (Lipinski definition) is 1. The van der Waals surface area contributed by atoms with Crippen molar-refractivity contribution in [1.82, 2.24) is 9.88 Å². The molecular formula is C25H20BrFN2O4. The molecule has 2 heterocycles. The van der Waals surface area contributed by atoms with Crippen LogP contribution in [0.5, 0.6) is 5.75 Å². The average molecular weight is 511 g/mol. The highest BCUT2D eigenvalue weighted by Crippen LogP contribution is 2.40. The summed E-state index contributed by atoms with van der Waals surface area (Å²) in [6.07, 6.45) is 3.58. The van der Waals surface area contributed by atoms with Crippen molar-refractivity contribution in [3.63, 3.8) is 0 Å². The maximum absolute atomic E-state index is 13.2. The largest absolute Gasteiger partial charge is 0.507 e. The molecule has 1 saturated heterocycles. The summed E-state index contributed by atoms with van der Waals surface area (Å²) in [5.74, 6) is -1.54. The fourth-order valence-electron chi connectivity index (χ4n) is 3.86. The van der Waals surface area contributed by atoms with Crippen LogP contribution >= 0.6 is 15.9 Å². The third-order valence-corrected chi connectivity index (χ3v) is 6.14. The van der Waals surface area contributed by atoms with Crippen molar-refractivity contribution in [2.45, 2.75) is 12.5 Å². The summed E-state index contributed by atoms with van der Waals surface area (Å²) in [5, 5.41) is 11.1. The molecule has 1 unspecified atom stereocenters. The van der Waals surface area contributed by atoms with Crippen molar-refractivity contribution in [2.24, 2.45) is 0 Å². The molecule has 2 aromatic carbocycles. The fourth-order valence-corrected chi connectivity index (χ4v) is 4.41. The molecule has 1 atom stereocenters. The number of aliphatic hydroxyl groups is 1. The summed E-state index contributed by atoms with van der Waals surface area (Å²) in [6, 6.07) is 13.5. The Morgan fingerprint density at radius 3 is 2.58 bits per heavy atom. The zero-order chi connectivity index (χ0) is 23.5. The standard InChI is InChI=1S/C25H20BrFN2O4/c1-33-20-9-6-16(13-19(20)26)23(30)21-22(17-3-2-11-28-14-17)29(25(32)24(21)31)12-10-15-4-7-18(27)8-5-15/h2-9,11,13-14,22,30H,10,12H2,1H3/b23-21-. The number of carbonyl (C=O) groups is 2. The van der Waals surface area contributed by atoms with Crippen molar-refractivity contribution < 1.29 is 23.8 Å². The van der Waals surface area contributed by atoms with Gasteiger partial charge in [-0.05, 0) is 69.9 Å². The second-order valence-electron chi connectivity index (χ2n) is 7.50. The summed E-state index contributed by atoms with van der Waals surface area (Å²) < 4.78 is 19.1. The number of pyridine rings is 1. The lowest BCUT2D eigenvalue weighted by Gasteiger charge is -2.25. The first kappa shape index (κ1) is 22.7. The Bertz CT molecular complexity index is 1230.